The number of phenols is 1. The Kier molecular flexibility index (Phi) is 3.29. The van der Waals surface area contributed by atoms with Crippen LogP contribution in [0.25, 0.3) is 11.1 Å². The third-order valence-electron chi connectivity index (χ3n) is 2.70. The van der Waals surface area contributed by atoms with Gasteiger partial charge in [0.05, 0.1) is 11.1 Å². The van der Waals surface area contributed by atoms with Crippen LogP contribution in [-0.4, -0.2) is 22.5 Å². The second-order valence-electron chi connectivity index (χ2n) is 3.86. The van der Waals surface area contributed by atoms with Gasteiger partial charge in [-0.15, -0.1) is 0 Å². The number of benzene rings is 2. The van der Waals surface area contributed by atoms with E-state index in [1.54, 1.807) is 0 Å². The number of hydrogen-bond acceptors (Lipinski definition) is 3. The first-order valence-corrected chi connectivity index (χ1v) is 5.35. The van der Waals surface area contributed by atoms with Gasteiger partial charge in [-0.2, -0.15) is 0 Å². The second-order valence-corrected chi connectivity index (χ2v) is 3.86. The number of para-hydroxylation sites is 1. The summed E-state index contributed by atoms with van der Waals surface area (Å²) in [6.07, 6.45) is 0.442. The largest absolute Gasteiger partial charge is 0.507 e. The van der Waals surface area contributed by atoms with Gasteiger partial charge < -0.3 is 10.2 Å². The molecule has 0 aliphatic heterocycles. The molecule has 0 amide bonds. The van der Waals surface area contributed by atoms with Crippen molar-refractivity contribution in [3.63, 3.8) is 0 Å². The number of halogens is 1. The van der Waals surface area contributed by atoms with Gasteiger partial charge in [-0.05, 0) is 24.3 Å². The highest BCUT2D eigenvalue weighted by Crippen LogP contribution is 2.33. The van der Waals surface area contributed by atoms with Crippen molar-refractivity contribution in [3.05, 3.63) is 53.3 Å². The number of hydrogen-bond donors (Lipinski definition) is 2. The fraction of sp³-hybridized carbons (Fsp3) is 0. The first kappa shape index (κ1) is 12.8. The van der Waals surface area contributed by atoms with Crippen molar-refractivity contribution in [1.29, 1.82) is 0 Å². The molecule has 2 aromatic rings. The minimum absolute atomic E-state index is 0.0117. The quantitative estimate of drug-likeness (QED) is 0.832. The maximum atomic E-state index is 13.7. The molecule has 2 N–H and O–H groups in total. The molecule has 0 aliphatic rings. The lowest BCUT2D eigenvalue weighted by Crippen LogP contribution is -1.98. The summed E-state index contributed by atoms with van der Waals surface area (Å²) in [6, 6.07) is 7.51. The third kappa shape index (κ3) is 2.30. The molecule has 0 aromatic heterocycles. The summed E-state index contributed by atoms with van der Waals surface area (Å²) in [6.45, 7) is 0. The number of carbonyl (C=O) groups is 2. The lowest BCUT2D eigenvalue weighted by molar-refractivity contribution is 0.0696. The highest BCUT2D eigenvalue weighted by Gasteiger charge is 2.14. The maximum Gasteiger partial charge on any atom is 0.335 e. The van der Waals surface area contributed by atoms with Crippen LogP contribution in [0.4, 0.5) is 4.39 Å². The van der Waals surface area contributed by atoms with Gasteiger partial charge in [0.25, 0.3) is 0 Å². The summed E-state index contributed by atoms with van der Waals surface area (Å²) in [5, 5.41) is 18.7. The zero-order valence-corrected chi connectivity index (χ0v) is 9.63. The SMILES string of the molecule is O=Cc1cccc(-c2cc(C(=O)O)ccc2F)c1O. The van der Waals surface area contributed by atoms with E-state index in [2.05, 4.69) is 0 Å². The van der Waals surface area contributed by atoms with Crippen LogP contribution in [0.1, 0.15) is 20.7 Å². The molecule has 0 bridgehead atoms. The van der Waals surface area contributed by atoms with E-state index in [1.807, 2.05) is 0 Å². The molecule has 5 heteroatoms. The van der Waals surface area contributed by atoms with Crippen LogP contribution < -0.4 is 0 Å². The van der Waals surface area contributed by atoms with E-state index in [1.165, 1.54) is 18.2 Å². The first-order valence-electron chi connectivity index (χ1n) is 5.35. The van der Waals surface area contributed by atoms with Gasteiger partial charge in [0, 0.05) is 11.1 Å². The number of aromatic hydroxyl groups is 1. The molecule has 0 spiro atoms. The molecular formula is C14H9FO4. The van der Waals surface area contributed by atoms with Crippen molar-refractivity contribution < 1.29 is 24.2 Å². The molecule has 19 heavy (non-hydrogen) atoms. The van der Waals surface area contributed by atoms with Crippen LogP contribution in [0.15, 0.2) is 36.4 Å². The van der Waals surface area contributed by atoms with Crippen LogP contribution in [0.5, 0.6) is 5.75 Å². The zero-order valence-electron chi connectivity index (χ0n) is 9.63. The van der Waals surface area contributed by atoms with Crippen molar-refractivity contribution in [2.45, 2.75) is 0 Å². The summed E-state index contributed by atoms with van der Waals surface area (Å²) in [5.41, 5.74) is -0.0868. The molecular weight excluding hydrogens is 251 g/mol. The summed E-state index contributed by atoms with van der Waals surface area (Å²) < 4.78 is 13.7. The first-order chi connectivity index (χ1) is 9.04. The lowest BCUT2D eigenvalue weighted by Gasteiger charge is -2.08. The predicted octanol–water partition coefficient (Wildman–Crippen LogP) is 2.71. The topological polar surface area (TPSA) is 74.6 Å². The monoisotopic (exact) mass is 260 g/mol. The average molecular weight is 260 g/mol. The van der Waals surface area contributed by atoms with E-state index in [0.29, 0.717) is 6.29 Å². The molecule has 4 nitrogen and oxygen atoms in total. The van der Waals surface area contributed by atoms with Crippen LogP contribution in [0.2, 0.25) is 0 Å². The maximum absolute atomic E-state index is 13.7. The van der Waals surface area contributed by atoms with E-state index >= 15 is 0 Å². The smallest absolute Gasteiger partial charge is 0.335 e. The molecule has 0 heterocycles. The minimum Gasteiger partial charge on any atom is -0.507 e. The molecule has 0 saturated heterocycles. The predicted molar refractivity (Wildman–Crippen MR) is 65.8 cm³/mol. The highest BCUT2D eigenvalue weighted by atomic mass is 19.1. The number of aromatic carboxylic acids is 1. The van der Waals surface area contributed by atoms with Crippen LogP contribution in [-0.2, 0) is 0 Å². The number of carboxylic acids is 1. The molecule has 96 valence electrons. The Morgan fingerprint density at radius 3 is 2.53 bits per heavy atom. The van der Waals surface area contributed by atoms with Crippen molar-refractivity contribution in [2.75, 3.05) is 0 Å². The van der Waals surface area contributed by atoms with Crippen molar-refractivity contribution in [2.24, 2.45) is 0 Å². The number of aldehydes is 1. The fourth-order valence-electron chi connectivity index (χ4n) is 1.74. The van der Waals surface area contributed by atoms with Crippen LogP contribution in [0, 0.1) is 5.82 Å². The zero-order chi connectivity index (χ0) is 14.0. The van der Waals surface area contributed by atoms with Crippen molar-refractivity contribution >= 4 is 12.3 Å². The lowest BCUT2D eigenvalue weighted by atomic mass is 9.99. The number of carbonyl (C=O) groups excluding carboxylic acids is 1. The van der Waals surface area contributed by atoms with Gasteiger partial charge >= 0.3 is 5.97 Å². The summed E-state index contributed by atoms with van der Waals surface area (Å²) in [5.74, 6) is -2.26. The average Bonchev–Trinajstić information content (AvgIpc) is 2.39. The van der Waals surface area contributed by atoms with Gasteiger partial charge in [0.1, 0.15) is 11.6 Å². The van der Waals surface area contributed by atoms with Gasteiger partial charge in [0.15, 0.2) is 6.29 Å². The highest BCUT2D eigenvalue weighted by molar-refractivity contribution is 5.91. The summed E-state index contributed by atoms with van der Waals surface area (Å²) in [7, 11) is 0. The Bertz CT molecular complexity index is 664. The molecule has 2 aromatic carbocycles. The number of rotatable bonds is 3. The van der Waals surface area contributed by atoms with E-state index in [4.69, 9.17) is 5.11 Å². The van der Waals surface area contributed by atoms with E-state index in [9.17, 15) is 19.1 Å². The molecule has 2 rings (SSSR count). The summed E-state index contributed by atoms with van der Waals surface area (Å²) >= 11 is 0. The number of carboxylic acid groups (broad SMARTS) is 1. The Balaban J connectivity index is 2.68. The standard InChI is InChI=1S/C14H9FO4/c15-12-5-4-8(14(18)19)6-11(12)10-3-1-2-9(7-16)13(10)17/h1-7,17H,(H,18,19). The van der Waals surface area contributed by atoms with Gasteiger partial charge in [-0.25, -0.2) is 9.18 Å². The second kappa shape index (κ2) is 4.89. The third-order valence-corrected chi connectivity index (χ3v) is 2.70. The normalized spacial score (nSPS) is 10.2. The van der Waals surface area contributed by atoms with Crippen molar-refractivity contribution in [1.82, 2.24) is 0 Å². The minimum atomic E-state index is -1.20. The Hall–Kier alpha value is -2.69. The van der Waals surface area contributed by atoms with Crippen molar-refractivity contribution in [3.8, 4) is 16.9 Å². The van der Waals surface area contributed by atoms with Gasteiger partial charge in [-0.1, -0.05) is 12.1 Å². The molecule has 0 saturated carbocycles. The van der Waals surface area contributed by atoms with E-state index < -0.39 is 11.8 Å². The molecule has 0 radical (unpaired) electrons. The summed E-state index contributed by atoms with van der Waals surface area (Å²) in [4.78, 5) is 21.6. The molecule has 0 atom stereocenters. The van der Waals surface area contributed by atoms with Gasteiger partial charge in [-0.3, -0.25) is 4.79 Å². The van der Waals surface area contributed by atoms with Gasteiger partial charge in [0.2, 0.25) is 0 Å². The Labute approximate surface area is 107 Å². The molecule has 0 unspecified atom stereocenters. The number of phenolic OH excluding ortho intramolecular Hbond substituents is 1. The molecule has 0 fully saturated rings. The Morgan fingerprint density at radius 1 is 1.16 bits per heavy atom. The van der Waals surface area contributed by atoms with E-state index in [0.717, 1.165) is 18.2 Å². The fourth-order valence-corrected chi connectivity index (χ4v) is 1.74. The van der Waals surface area contributed by atoms with Crippen LogP contribution in [0.3, 0.4) is 0 Å². The Morgan fingerprint density at radius 2 is 1.89 bits per heavy atom. The molecule has 0 aliphatic carbocycles. The van der Waals surface area contributed by atoms with E-state index in [-0.39, 0.29) is 28.0 Å². The van der Waals surface area contributed by atoms with Crippen LogP contribution >= 0.6 is 0 Å².